The number of fused-ring (bicyclic) bond motifs is 2. The average molecular weight is 466 g/mol. The highest BCUT2D eigenvalue weighted by Gasteiger charge is 2.25. The first-order valence-electron chi connectivity index (χ1n) is 9.06. The Balaban J connectivity index is 0.00000256. The summed E-state index contributed by atoms with van der Waals surface area (Å²) < 4.78 is 12.2. The van der Waals surface area contributed by atoms with Crippen molar-refractivity contribution in [3.63, 3.8) is 0 Å². The second kappa shape index (κ2) is 9.22. The van der Waals surface area contributed by atoms with Gasteiger partial charge in [-0.3, -0.25) is 9.69 Å². The number of hydrogen-bond donors (Lipinski definition) is 0. The Morgan fingerprint density at radius 3 is 2.67 bits per heavy atom. The Bertz CT molecular complexity index is 1190. The number of thiazole rings is 1. The van der Waals surface area contributed by atoms with Gasteiger partial charge in [-0.2, -0.15) is 0 Å². The summed E-state index contributed by atoms with van der Waals surface area (Å²) >= 11 is 7.72. The van der Waals surface area contributed by atoms with E-state index in [4.69, 9.17) is 20.8 Å². The molecular formula is C21H21Cl2N3O3S. The summed E-state index contributed by atoms with van der Waals surface area (Å²) in [4.78, 5) is 21.7. The molecule has 4 aromatic rings. The van der Waals surface area contributed by atoms with Crippen LogP contribution in [-0.2, 0) is 0 Å². The number of benzene rings is 2. The number of halogens is 2. The standard InChI is InChI=1S/C21H20ClN3O3S.ClH/c1-24(2)10-11-25(21-23-18-14(22)7-5-9-17(18)29-21)20(26)16-12-13-6-4-8-15(27-3)19(13)28-16;/h4-9,12H,10-11H2,1-3H3;1H. The highest BCUT2D eigenvalue weighted by atomic mass is 35.5. The molecule has 0 bridgehead atoms. The van der Waals surface area contributed by atoms with Crippen LogP contribution >= 0.6 is 35.3 Å². The number of para-hydroxylation sites is 2. The van der Waals surface area contributed by atoms with E-state index in [1.54, 1.807) is 30.2 Å². The summed E-state index contributed by atoms with van der Waals surface area (Å²) in [7, 11) is 5.50. The van der Waals surface area contributed by atoms with Gasteiger partial charge in [-0.05, 0) is 38.4 Å². The summed E-state index contributed by atoms with van der Waals surface area (Å²) in [5.74, 6) is 0.585. The number of anilines is 1. The van der Waals surface area contributed by atoms with Gasteiger partial charge in [-0.1, -0.05) is 41.1 Å². The molecule has 0 N–H and O–H groups in total. The number of ether oxygens (including phenoxy) is 1. The van der Waals surface area contributed by atoms with Gasteiger partial charge in [0, 0.05) is 18.5 Å². The van der Waals surface area contributed by atoms with Crippen molar-refractivity contribution in [1.82, 2.24) is 9.88 Å². The van der Waals surface area contributed by atoms with Crippen LogP contribution in [0.1, 0.15) is 10.6 Å². The summed E-state index contributed by atoms with van der Waals surface area (Å²) in [5, 5.41) is 1.97. The number of nitrogens with zero attached hydrogens (tertiary/aromatic N) is 3. The van der Waals surface area contributed by atoms with Crippen molar-refractivity contribution in [3.8, 4) is 5.75 Å². The van der Waals surface area contributed by atoms with Gasteiger partial charge < -0.3 is 14.1 Å². The van der Waals surface area contributed by atoms with Gasteiger partial charge in [-0.15, -0.1) is 12.4 Å². The van der Waals surface area contributed by atoms with Crippen molar-refractivity contribution in [2.24, 2.45) is 0 Å². The molecule has 0 aliphatic rings. The number of carbonyl (C=O) groups excluding carboxylic acids is 1. The molecule has 9 heteroatoms. The first-order valence-corrected chi connectivity index (χ1v) is 10.3. The molecule has 0 atom stereocenters. The van der Waals surface area contributed by atoms with E-state index in [-0.39, 0.29) is 24.1 Å². The van der Waals surface area contributed by atoms with E-state index in [1.807, 2.05) is 43.3 Å². The lowest BCUT2D eigenvalue weighted by Crippen LogP contribution is -2.36. The van der Waals surface area contributed by atoms with Gasteiger partial charge in [0.05, 0.1) is 16.8 Å². The quantitative estimate of drug-likeness (QED) is 0.384. The van der Waals surface area contributed by atoms with Crippen LogP contribution in [0.4, 0.5) is 5.13 Å². The zero-order valence-electron chi connectivity index (χ0n) is 16.7. The molecule has 0 spiro atoms. The molecule has 2 aromatic heterocycles. The van der Waals surface area contributed by atoms with Crippen LogP contribution in [0.3, 0.4) is 0 Å². The highest BCUT2D eigenvalue weighted by Crippen LogP contribution is 2.34. The molecule has 30 heavy (non-hydrogen) atoms. The lowest BCUT2D eigenvalue weighted by atomic mass is 10.2. The molecule has 158 valence electrons. The maximum absolute atomic E-state index is 13.4. The summed E-state index contributed by atoms with van der Waals surface area (Å²) in [6.45, 7) is 1.15. The fourth-order valence-electron chi connectivity index (χ4n) is 3.04. The predicted molar refractivity (Wildman–Crippen MR) is 125 cm³/mol. The zero-order chi connectivity index (χ0) is 20.5. The second-order valence-corrected chi connectivity index (χ2v) is 8.25. The molecule has 0 aliphatic carbocycles. The van der Waals surface area contributed by atoms with Gasteiger partial charge >= 0.3 is 0 Å². The van der Waals surface area contributed by atoms with Crippen LogP contribution in [-0.4, -0.2) is 50.1 Å². The first-order chi connectivity index (χ1) is 14.0. The van der Waals surface area contributed by atoms with E-state index in [9.17, 15) is 4.79 Å². The van der Waals surface area contributed by atoms with Crippen molar-refractivity contribution >= 4 is 67.6 Å². The second-order valence-electron chi connectivity index (χ2n) is 6.83. The molecule has 6 nitrogen and oxygen atoms in total. The average Bonchev–Trinajstić information content (AvgIpc) is 3.32. The molecule has 0 aliphatic heterocycles. The normalized spacial score (nSPS) is 11.1. The molecule has 0 unspecified atom stereocenters. The van der Waals surface area contributed by atoms with Gasteiger partial charge in [-0.25, -0.2) is 4.98 Å². The first kappa shape index (κ1) is 22.4. The summed E-state index contributed by atoms with van der Waals surface area (Å²) in [5.41, 5.74) is 1.25. The van der Waals surface area contributed by atoms with Crippen LogP contribution < -0.4 is 9.64 Å². The molecule has 4 rings (SSSR count). The van der Waals surface area contributed by atoms with E-state index >= 15 is 0 Å². The SMILES string of the molecule is COc1cccc2cc(C(=O)N(CCN(C)C)c3nc4c(Cl)cccc4s3)oc12.Cl. The monoisotopic (exact) mass is 465 g/mol. The fourth-order valence-corrected chi connectivity index (χ4v) is 4.33. The molecule has 2 aromatic carbocycles. The van der Waals surface area contributed by atoms with Crippen LogP contribution in [0.5, 0.6) is 5.75 Å². The number of rotatable bonds is 6. The third-order valence-electron chi connectivity index (χ3n) is 4.54. The third-order valence-corrected chi connectivity index (χ3v) is 5.89. The number of carbonyl (C=O) groups is 1. The minimum Gasteiger partial charge on any atom is -0.493 e. The summed E-state index contributed by atoms with van der Waals surface area (Å²) in [6.07, 6.45) is 0. The Kier molecular flexibility index (Phi) is 6.88. The van der Waals surface area contributed by atoms with Gasteiger partial charge in [0.25, 0.3) is 5.91 Å². The van der Waals surface area contributed by atoms with Crippen LogP contribution in [0.2, 0.25) is 5.02 Å². The third kappa shape index (κ3) is 4.25. The molecular weight excluding hydrogens is 445 g/mol. The number of amides is 1. The Hall–Kier alpha value is -2.32. The molecule has 0 radical (unpaired) electrons. The number of hydrogen-bond acceptors (Lipinski definition) is 6. The van der Waals surface area contributed by atoms with E-state index in [2.05, 4.69) is 4.98 Å². The molecule has 0 saturated heterocycles. The topological polar surface area (TPSA) is 58.8 Å². The maximum atomic E-state index is 13.4. The maximum Gasteiger partial charge on any atom is 0.295 e. The van der Waals surface area contributed by atoms with Crippen molar-refractivity contribution < 1.29 is 13.9 Å². The van der Waals surface area contributed by atoms with Crippen molar-refractivity contribution in [2.75, 3.05) is 39.2 Å². The van der Waals surface area contributed by atoms with Gasteiger partial charge in [0.15, 0.2) is 22.2 Å². The fraction of sp³-hybridized carbons (Fsp3) is 0.238. The number of aromatic nitrogens is 1. The molecule has 2 heterocycles. The van der Waals surface area contributed by atoms with Crippen molar-refractivity contribution in [2.45, 2.75) is 0 Å². The van der Waals surface area contributed by atoms with Gasteiger partial charge in [0.2, 0.25) is 0 Å². The minimum atomic E-state index is -0.250. The summed E-state index contributed by atoms with van der Waals surface area (Å²) in [6, 6.07) is 12.9. The highest BCUT2D eigenvalue weighted by molar-refractivity contribution is 7.22. The lowest BCUT2D eigenvalue weighted by Gasteiger charge is -2.20. The number of furan rings is 1. The Morgan fingerprint density at radius 1 is 1.20 bits per heavy atom. The predicted octanol–water partition coefficient (Wildman–Crippen LogP) is 5.33. The smallest absolute Gasteiger partial charge is 0.295 e. The Labute approximate surface area is 189 Å². The van der Waals surface area contributed by atoms with E-state index in [0.717, 1.165) is 10.1 Å². The van der Waals surface area contributed by atoms with E-state index < -0.39 is 0 Å². The minimum absolute atomic E-state index is 0. The largest absolute Gasteiger partial charge is 0.493 e. The molecule has 0 saturated carbocycles. The molecule has 1 amide bonds. The van der Waals surface area contributed by atoms with Crippen molar-refractivity contribution in [3.05, 3.63) is 53.2 Å². The molecule has 0 fully saturated rings. The van der Waals surface area contributed by atoms with Crippen LogP contribution in [0.25, 0.3) is 21.2 Å². The van der Waals surface area contributed by atoms with Crippen LogP contribution in [0.15, 0.2) is 46.9 Å². The van der Waals surface area contributed by atoms with Crippen molar-refractivity contribution in [1.29, 1.82) is 0 Å². The Morgan fingerprint density at radius 2 is 1.97 bits per heavy atom. The number of methoxy groups -OCH3 is 1. The zero-order valence-corrected chi connectivity index (χ0v) is 19.1. The van der Waals surface area contributed by atoms with E-state index in [0.29, 0.717) is 40.1 Å². The lowest BCUT2D eigenvalue weighted by molar-refractivity contribution is 0.0960. The number of likely N-dealkylation sites (N-methyl/N-ethyl adjacent to an activating group) is 1. The van der Waals surface area contributed by atoms with Crippen LogP contribution in [0, 0.1) is 0 Å². The van der Waals surface area contributed by atoms with E-state index in [1.165, 1.54) is 11.3 Å². The van der Waals surface area contributed by atoms with Gasteiger partial charge in [0.1, 0.15) is 5.52 Å².